The Morgan fingerprint density at radius 1 is 1.29 bits per heavy atom. The van der Waals surface area contributed by atoms with Gasteiger partial charge in [-0.2, -0.15) is 0 Å². The molecule has 2 atom stereocenters. The van der Waals surface area contributed by atoms with Crippen molar-refractivity contribution in [2.45, 2.75) is 25.0 Å². The summed E-state index contributed by atoms with van der Waals surface area (Å²) < 4.78 is 27.0. The van der Waals surface area contributed by atoms with Gasteiger partial charge in [0.15, 0.2) is 0 Å². The molecule has 6 heteroatoms. The lowest BCUT2D eigenvalue weighted by atomic mass is 9.98. The van der Waals surface area contributed by atoms with Crippen LogP contribution in [0.15, 0.2) is 12.1 Å². The number of benzene rings is 1. The fraction of sp³-hybridized carbons (Fsp3) is 0.455. The lowest BCUT2D eigenvalue weighted by Gasteiger charge is -2.20. The number of aliphatic hydroxyl groups excluding tert-OH is 1. The highest BCUT2D eigenvalue weighted by Crippen LogP contribution is 2.38. The van der Waals surface area contributed by atoms with Gasteiger partial charge in [0.05, 0.1) is 12.1 Å². The van der Waals surface area contributed by atoms with E-state index in [1.807, 2.05) is 0 Å². The van der Waals surface area contributed by atoms with Crippen molar-refractivity contribution in [1.29, 1.82) is 0 Å². The molecule has 2 nitrogen and oxygen atoms in total. The summed E-state index contributed by atoms with van der Waals surface area (Å²) in [6, 6.07) is 0.962. The molecule has 1 fully saturated rings. The Bertz CT molecular complexity index is 389. The van der Waals surface area contributed by atoms with Crippen molar-refractivity contribution in [2.24, 2.45) is 11.7 Å². The summed E-state index contributed by atoms with van der Waals surface area (Å²) in [5.74, 6) is -1.56. The molecule has 0 heterocycles. The first kappa shape index (κ1) is 14.6. The first-order chi connectivity index (χ1) is 7.50. The van der Waals surface area contributed by atoms with E-state index in [0.29, 0.717) is 0 Å². The van der Waals surface area contributed by atoms with Crippen LogP contribution in [0.1, 0.15) is 24.4 Å². The Hall–Kier alpha value is -0.420. The molecule has 1 aliphatic carbocycles. The van der Waals surface area contributed by atoms with E-state index in [2.05, 4.69) is 0 Å². The van der Waals surface area contributed by atoms with Gasteiger partial charge in [0, 0.05) is 10.6 Å². The smallest absolute Gasteiger partial charge is 0.132 e. The van der Waals surface area contributed by atoms with Gasteiger partial charge in [-0.1, -0.05) is 11.6 Å². The van der Waals surface area contributed by atoms with Crippen molar-refractivity contribution >= 4 is 24.0 Å². The van der Waals surface area contributed by atoms with Gasteiger partial charge in [0.1, 0.15) is 11.6 Å². The topological polar surface area (TPSA) is 46.2 Å². The zero-order chi connectivity index (χ0) is 11.9. The second-order valence-electron chi connectivity index (χ2n) is 4.14. The fourth-order valence-electron chi connectivity index (χ4n) is 1.77. The van der Waals surface area contributed by atoms with Gasteiger partial charge in [-0.15, -0.1) is 12.4 Å². The van der Waals surface area contributed by atoms with Crippen molar-refractivity contribution in [1.82, 2.24) is 0 Å². The summed E-state index contributed by atoms with van der Waals surface area (Å²) in [6.07, 6.45) is 0.808. The van der Waals surface area contributed by atoms with Crippen molar-refractivity contribution in [3.63, 3.8) is 0 Å². The Morgan fingerprint density at radius 3 is 2.18 bits per heavy atom. The predicted molar refractivity (Wildman–Crippen MR) is 64.3 cm³/mol. The summed E-state index contributed by atoms with van der Waals surface area (Å²) in [7, 11) is 0. The van der Waals surface area contributed by atoms with Crippen molar-refractivity contribution in [2.75, 3.05) is 0 Å². The third-order valence-corrected chi connectivity index (χ3v) is 3.07. The number of hydrogen-bond donors (Lipinski definition) is 2. The van der Waals surface area contributed by atoms with E-state index in [4.69, 9.17) is 17.3 Å². The maximum atomic E-state index is 13.5. The minimum atomic E-state index is -1.04. The van der Waals surface area contributed by atoms with Gasteiger partial charge in [-0.3, -0.25) is 0 Å². The summed E-state index contributed by atoms with van der Waals surface area (Å²) in [6.45, 7) is 0. The van der Waals surface area contributed by atoms with Crippen LogP contribution in [0.2, 0.25) is 5.02 Å². The molecule has 0 unspecified atom stereocenters. The lowest BCUT2D eigenvalue weighted by Crippen LogP contribution is -2.29. The third-order valence-electron chi connectivity index (χ3n) is 2.85. The maximum Gasteiger partial charge on any atom is 0.132 e. The normalized spacial score (nSPS) is 18.4. The van der Waals surface area contributed by atoms with Gasteiger partial charge in [0.2, 0.25) is 0 Å². The maximum absolute atomic E-state index is 13.5. The van der Waals surface area contributed by atoms with E-state index in [9.17, 15) is 13.9 Å². The molecule has 0 bridgehead atoms. The molecule has 0 aromatic heterocycles. The first-order valence-electron chi connectivity index (χ1n) is 5.09. The van der Waals surface area contributed by atoms with Crippen LogP contribution in [0.25, 0.3) is 0 Å². The van der Waals surface area contributed by atoms with Crippen LogP contribution < -0.4 is 5.73 Å². The molecule has 3 N–H and O–H groups in total. The summed E-state index contributed by atoms with van der Waals surface area (Å²) >= 11 is 5.50. The quantitative estimate of drug-likeness (QED) is 0.896. The van der Waals surface area contributed by atoms with Gasteiger partial charge in [-0.05, 0) is 30.9 Å². The molecule has 17 heavy (non-hydrogen) atoms. The Labute approximate surface area is 109 Å². The molecule has 0 spiro atoms. The molecule has 0 aliphatic heterocycles. The standard InChI is InChI=1S/C11H12ClF2NO.ClH/c12-6-3-7(13)9(8(14)4-6)10(15)11(16)5-1-2-5;/h3-5,10-11,16H,1-2,15H2;1H/t10-,11+;/m0./s1. The number of hydrogen-bond acceptors (Lipinski definition) is 2. The van der Waals surface area contributed by atoms with E-state index in [1.54, 1.807) is 0 Å². The average Bonchev–Trinajstić information content (AvgIpc) is 2.97. The Morgan fingerprint density at radius 2 is 1.76 bits per heavy atom. The van der Waals surface area contributed by atoms with Crippen molar-refractivity contribution in [3.05, 3.63) is 34.4 Å². The molecule has 2 rings (SSSR count). The number of aliphatic hydroxyl groups is 1. The zero-order valence-corrected chi connectivity index (χ0v) is 10.4. The fourth-order valence-corrected chi connectivity index (χ4v) is 1.97. The van der Waals surface area contributed by atoms with Crippen LogP contribution in [-0.2, 0) is 0 Å². The van der Waals surface area contributed by atoms with Crippen LogP contribution in [0, 0.1) is 17.6 Å². The highest BCUT2D eigenvalue weighted by molar-refractivity contribution is 6.30. The number of halogens is 4. The van der Waals surface area contributed by atoms with Crippen molar-refractivity contribution in [3.8, 4) is 0 Å². The molecule has 1 saturated carbocycles. The lowest BCUT2D eigenvalue weighted by molar-refractivity contribution is 0.119. The molecule has 1 aromatic rings. The van der Waals surface area contributed by atoms with E-state index in [-0.39, 0.29) is 28.9 Å². The summed E-state index contributed by atoms with van der Waals surface area (Å²) in [4.78, 5) is 0. The molecule has 0 saturated heterocycles. The van der Waals surface area contributed by atoms with Crippen LogP contribution in [0.4, 0.5) is 8.78 Å². The highest BCUT2D eigenvalue weighted by atomic mass is 35.5. The molecule has 0 radical (unpaired) electrons. The predicted octanol–water partition coefficient (Wildman–Crippen LogP) is 2.81. The second-order valence-corrected chi connectivity index (χ2v) is 4.57. The molecule has 1 aromatic carbocycles. The average molecular weight is 284 g/mol. The Kier molecular flexibility index (Phi) is 4.72. The van der Waals surface area contributed by atoms with E-state index in [1.165, 1.54) is 0 Å². The summed E-state index contributed by atoms with van der Waals surface area (Å²) in [5, 5.41) is 9.72. The molecule has 1 aliphatic rings. The zero-order valence-electron chi connectivity index (χ0n) is 8.87. The van der Waals surface area contributed by atoms with Crippen molar-refractivity contribution < 1.29 is 13.9 Å². The number of nitrogens with two attached hydrogens (primary N) is 1. The van der Waals surface area contributed by atoms with Gasteiger partial charge >= 0.3 is 0 Å². The van der Waals surface area contributed by atoms with Crippen LogP contribution >= 0.6 is 24.0 Å². The van der Waals surface area contributed by atoms with Crippen LogP contribution in [0.5, 0.6) is 0 Å². The SMILES string of the molecule is Cl.N[C@@H](c1c(F)cc(Cl)cc1F)[C@H](O)C1CC1. The summed E-state index contributed by atoms with van der Waals surface area (Å²) in [5.41, 5.74) is 5.37. The third kappa shape index (κ3) is 3.07. The van der Waals surface area contributed by atoms with Gasteiger partial charge in [0.25, 0.3) is 0 Å². The molecule has 96 valence electrons. The monoisotopic (exact) mass is 283 g/mol. The van der Waals surface area contributed by atoms with E-state index in [0.717, 1.165) is 25.0 Å². The second kappa shape index (κ2) is 5.48. The minimum absolute atomic E-state index is 0. The van der Waals surface area contributed by atoms with Crippen LogP contribution in [0.3, 0.4) is 0 Å². The molecular formula is C11H13Cl2F2NO. The van der Waals surface area contributed by atoms with Gasteiger partial charge < -0.3 is 10.8 Å². The Balaban J connectivity index is 0.00000144. The highest BCUT2D eigenvalue weighted by Gasteiger charge is 2.36. The van der Waals surface area contributed by atoms with E-state index < -0.39 is 23.8 Å². The van der Waals surface area contributed by atoms with Crippen LogP contribution in [-0.4, -0.2) is 11.2 Å². The van der Waals surface area contributed by atoms with E-state index >= 15 is 0 Å². The first-order valence-corrected chi connectivity index (χ1v) is 5.46. The largest absolute Gasteiger partial charge is 0.391 e. The molecule has 0 amide bonds. The minimum Gasteiger partial charge on any atom is -0.391 e. The number of rotatable bonds is 3. The van der Waals surface area contributed by atoms with Gasteiger partial charge in [-0.25, -0.2) is 8.78 Å². The molecular weight excluding hydrogens is 271 g/mol.